The minimum Gasteiger partial charge on any atom is -0.316 e. The Balaban J connectivity index is 2.66. The summed E-state index contributed by atoms with van der Waals surface area (Å²) in [6, 6.07) is 0. The number of hydrogen-bond acceptors (Lipinski definition) is 3. The van der Waals surface area contributed by atoms with Crippen molar-refractivity contribution in [1.82, 2.24) is 5.48 Å². The van der Waals surface area contributed by atoms with Gasteiger partial charge in [-0.15, -0.1) is 0 Å². The number of nitrogens with one attached hydrogen (secondary N) is 1. The summed E-state index contributed by atoms with van der Waals surface area (Å²) in [5.41, 5.74) is 1.76. The Bertz CT molecular complexity index is 201. The maximum atomic E-state index is 11.7. The molecule has 76 valence electrons. The van der Waals surface area contributed by atoms with Gasteiger partial charge in [0.25, 0.3) is 0 Å². The lowest BCUT2D eigenvalue weighted by Gasteiger charge is -2.36. The smallest absolute Gasteiger partial charge is 0.138 e. The average molecular weight is 185 g/mol. The van der Waals surface area contributed by atoms with Gasteiger partial charge in [0, 0.05) is 17.9 Å². The lowest BCUT2D eigenvalue weighted by atomic mass is 9.73. The number of carbonyl (C=O) groups excluding carboxylic acids is 1. The second-order valence-corrected chi connectivity index (χ2v) is 4.74. The van der Waals surface area contributed by atoms with Crippen molar-refractivity contribution in [2.24, 2.45) is 11.8 Å². The summed E-state index contributed by atoms with van der Waals surface area (Å²) in [5.74, 6) is 0.761. The summed E-state index contributed by atoms with van der Waals surface area (Å²) in [6.07, 6.45) is 2.64. The largest absolute Gasteiger partial charge is 0.316 e. The number of ketones is 1. The van der Waals surface area contributed by atoms with E-state index in [1.54, 1.807) is 0 Å². The van der Waals surface area contributed by atoms with Gasteiger partial charge in [0.05, 0.1) is 0 Å². The summed E-state index contributed by atoms with van der Waals surface area (Å²) in [6.45, 7) is 5.84. The van der Waals surface area contributed by atoms with Crippen LogP contribution in [0.25, 0.3) is 0 Å². The molecule has 0 aromatic heterocycles. The summed E-state index contributed by atoms with van der Waals surface area (Å²) >= 11 is 0. The number of rotatable bonds is 2. The molecule has 3 heteroatoms. The highest BCUT2D eigenvalue weighted by molar-refractivity contribution is 5.83. The molecule has 3 nitrogen and oxygen atoms in total. The summed E-state index contributed by atoms with van der Waals surface area (Å²) in [4.78, 5) is 11.7. The highest BCUT2D eigenvalue weighted by atomic mass is 16.5. The topological polar surface area (TPSA) is 49.3 Å². The molecule has 0 spiro atoms. The SMILES string of the molecule is C[C@H]1CC[C@H](C(C)(C)NO)C(=O)C1. The van der Waals surface area contributed by atoms with E-state index in [0.29, 0.717) is 12.3 Å². The van der Waals surface area contributed by atoms with Crippen LogP contribution < -0.4 is 5.48 Å². The molecule has 0 bridgehead atoms. The van der Waals surface area contributed by atoms with E-state index in [9.17, 15) is 4.79 Å². The van der Waals surface area contributed by atoms with E-state index >= 15 is 0 Å². The first kappa shape index (κ1) is 10.7. The van der Waals surface area contributed by atoms with Crippen LogP contribution in [0.2, 0.25) is 0 Å². The van der Waals surface area contributed by atoms with Gasteiger partial charge in [-0.25, -0.2) is 0 Å². The minimum absolute atomic E-state index is 0.0336. The molecule has 2 atom stereocenters. The van der Waals surface area contributed by atoms with Crippen molar-refractivity contribution in [3.8, 4) is 0 Å². The van der Waals surface area contributed by atoms with Crippen LogP contribution in [0.5, 0.6) is 0 Å². The third-order valence-electron chi connectivity index (χ3n) is 3.05. The first-order valence-corrected chi connectivity index (χ1v) is 4.91. The molecule has 0 aromatic carbocycles. The molecular weight excluding hydrogens is 166 g/mol. The summed E-state index contributed by atoms with van der Waals surface area (Å²) in [7, 11) is 0. The van der Waals surface area contributed by atoms with Crippen LogP contribution in [-0.4, -0.2) is 16.5 Å². The van der Waals surface area contributed by atoms with Crippen LogP contribution in [-0.2, 0) is 4.79 Å². The van der Waals surface area contributed by atoms with E-state index in [-0.39, 0.29) is 11.7 Å². The van der Waals surface area contributed by atoms with E-state index in [1.807, 2.05) is 13.8 Å². The Kier molecular flexibility index (Phi) is 3.09. The molecule has 0 aromatic rings. The Labute approximate surface area is 79.5 Å². The molecule has 2 N–H and O–H groups in total. The molecule has 1 aliphatic carbocycles. The van der Waals surface area contributed by atoms with Crippen molar-refractivity contribution < 1.29 is 10.0 Å². The van der Waals surface area contributed by atoms with Crippen LogP contribution >= 0.6 is 0 Å². The van der Waals surface area contributed by atoms with Gasteiger partial charge in [-0.3, -0.25) is 4.79 Å². The highest BCUT2D eigenvalue weighted by Crippen LogP contribution is 2.32. The third kappa shape index (κ3) is 2.29. The van der Waals surface area contributed by atoms with Crippen LogP contribution in [0.1, 0.15) is 40.0 Å². The van der Waals surface area contributed by atoms with Gasteiger partial charge >= 0.3 is 0 Å². The second kappa shape index (κ2) is 3.76. The zero-order chi connectivity index (χ0) is 10.1. The van der Waals surface area contributed by atoms with E-state index in [1.165, 1.54) is 0 Å². The van der Waals surface area contributed by atoms with Crippen LogP contribution in [0.4, 0.5) is 0 Å². The highest BCUT2D eigenvalue weighted by Gasteiger charge is 2.37. The van der Waals surface area contributed by atoms with Gasteiger partial charge in [-0.1, -0.05) is 6.92 Å². The van der Waals surface area contributed by atoms with Crippen molar-refractivity contribution in [2.45, 2.75) is 45.6 Å². The number of Topliss-reactive ketones (excluding diaryl/α,β-unsaturated/α-hetero) is 1. The Morgan fingerprint density at radius 1 is 1.46 bits per heavy atom. The van der Waals surface area contributed by atoms with Crippen LogP contribution in [0.15, 0.2) is 0 Å². The molecule has 1 saturated carbocycles. The van der Waals surface area contributed by atoms with Gasteiger partial charge in [0.15, 0.2) is 0 Å². The molecule has 0 heterocycles. The van der Waals surface area contributed by atoms with Gasteiger partial charge in [-0.2, -0.15) is 5.48 Å². The number of carbonyl (C=O) groups is 1. The molecule has 0 amide bonds. The standard InChI is InChI=1S/C10H19NO2/c1-7-4-5-8(9(12)6-7)10(2,3)11-13/h7-8,11,13H,4-6H2,1-3H3/t7-,8-/m0/s1. The van der Waals surface area contributed by atoms with Crippen molar-refractivity contribution in [3.63, 3.8) is 0 Å². The van der Waals surface area contributed by atoms with Gasteiger partial charge < -0.3 is 5.21 Å². The van der Waals surface area contributed by atoms with Crippen molar-refractivity contribution in [1.29, 1.82) is 0 Å². The van der Waals surface area contributed by atoms with Crippen molar-refractivity contribution >= 4 is 5.78 Å². The fourth-order valence-corrected chi connectivity index (χ4v) is 2.04. The van der Waals surface area contributed by atoms with Gasteiger partial charge in [-0.05, 0) is 32.6 Å². The van der Waals surface area contributed by atoms with E-state index in [2.05, 4.69) is 12.4 Å². The predicted octanol–water partition coefficient (Wildman–Crippen LogP) is 1.75. The van der Waals surface area contributed by atoms with E-state index in [4.69, 9.17) is 5.21 Å². The number of hydroxylamine groups is 1. The maximum absolute atomic E-state index is 11.7. The minimum atomic E-state index is -0.475. The Morgan fingerprint density at radius 3 is 2.54 bits per heavy atom. The van der Waals surface area contributed by atoms with Crippen molar-refractivity contribution in [2.75, 3.05) is 0 Å². The fraction of sp³-hybridized carbons (Fsp3) is 0.900. The molecular formula is C10H19NO2. The Morgan fingerprint density at radius 2 is 2.08 bits per heavy atom. The molecule has 1 fully saturated rings. The Hall–Kier alpha value is -0.410. The lowest BCUT2D eigenvalue weighted by Crippen LogP contribution is -2.49. The van der Waals surface area contributed by atoms with Gasteiger partial charge in [0.1, 0.15) is 5.78 Å². The first-order chi connectivity index (χ1) is 5.97. The third-order valence-corrected chi connectivity index (χ3v) is 3.05. The summed E-state index contributed by atoms with van der Waals surface area (Å²) < 4.78 is 0. The molecule has 0 radical (unpaired) electrons. The normalized spacial score (nSPS) is 30.6. The molecule has 0 saturated heterocycles. The average Bonchev–Trinajstić information content (AvgIpc) is 2.03. The maximum Gasteiger partial charge on any atom is 0.138 e. The molecule has 13 heavy (non-hydrogen) atoms. The van der Waals surface area contributed by atoms with Crippen molar-refractivity contribution in [3.05, 3.63) is 0 Å². The first-order valence-electron chi connectivity index (χ1n) is 4.91. The molecule has 0 unspecified atom stereocenters. The van der Waals surface area contributed by atoms with Crippen LogP contribution in [0, 0.1) is 11.8 Å². The second-order valence-electron chi connectivity index (χ2n) is 4.74. The number of hydrogen-bond donors (Lipinski definition) is 2. The monoisotopic (exact) mass is 185 g/mol. The zero-order valence-corrected chi connectivity index (χ0v) is 8.63. The fourth-order valence-electron chi connectivity index (χ4n) is 2.04. The summed E-state index contributed by atoms with van der Waals surface area (Å²) in [5, 5.41) is 8.93. The molecule has 1 rings (SSSR count). The zero-order valence-electron chi connectivity index (χ0n) is 8.63. The quantitative estimate of drug-likeness (QED) is 0.644. The van der Waals surface area contributed by atoms with E-state index < -0.39 is 5.54 Å². The van der Waals surface area contributed by atoms with E-state index in [0.717, 1.165) is 12.8 Å². The molecule has 1 aliphatic rings. The molecule has 0 aliphatic heterocycles. The predicted molar refractivity (Wildman–Crippen MR) is 50.5 cm³/mol. The lowest BCUT2D eigenvalue weighted by molar-refractivity contribution is -0.130. The van der Waals surface area contributed by atoms with Crippen LogP contribution in [0.3, 0.4) is 0 Å². The van der Waals surface area contributed by atoms with Gasteiger partial charge in [0.2, 0.25) is 0 Å².